The second-order valence-electron chi connectivity index (χ2n) is 13.5. The van der Waals surface area contributed by atoms with E-state index >= 15 is 0 Å². The Morgan fingerprint density at radius 3 is 1.98 bits per heavy atom. The van der Waals surface area contributed by atoms with Crippen molar-refractivity contribution in [1.82, 2.24) is 15.5 Å². The fourth-order valence-electron chi connectivity index (χ4n) is 4.74. The van der Waals surface area contributed by atoms with Crippen LogP contribution < -0.4 is 10.6 Å². The van der Waals surface area contributed by atoms with Gasteiger partial charge in [-0.25, -0.2) is 9.59 Å². The van der Waals surface area contributed by atoms with E-state index in [9.17, 15) is 19.2 Å². The third kappa shape index (κ3) is 14.2. The number of rotatable bonds is 15. The maximum atomic E-state index is 14.3. The number of unbranched alkanes of at least 4 members (excludes halogenated alkanes) is 4. The number of hydrogen-bond donors (Lipinski definition) is 2. The van der Waals surface area contributed by atoms with Gasteiger partial charge in [-0.15, -0.1) is 0 Å². The van der Waals surface area contributed by atoms with E-state index < -0.39 is 47.2 Å². The molecule has 0 aromatic heterocycles. The summed E-state index contributed by atoms with van der Waals surface area (Å²) >= 11 is 0. The highest BCUT2D eigenvalue weighted by molar-refractivity contribution is 5.92. The summed E-state index contributed by atoms with van der Waals surface area (Å²) in [6.45, 7) is 14.6. The lowest BCUT2D eigenvalue weighted by Gasteiger charge is -2.33. The van der Waals surface area contributed by atoms with E-state index in [2.05, 4.69) is 17.6 Å². The Bertz CT molecular complexity index is 1230. The van der Waals surface area contributed by atoms with Crippen molar-refractivity contribution in [2.75, 3.05) is 13.1 Å². The lowest BCUT2D eigenvalue weighted by atomic mass is 10.00. The fourth-order valence-corrected chi connectivity index (χ4v) is 4.74. The van der Waals surface area contributed by atoms with Crippen LogP contribution in [-0.4, -0.2) is 59.1 Å². The van der Waals surface area contributed by atoms with Crippen LogP contribution in [0.3, 0.4) is 0 Å². The molecular weight excluding hydrogens is 570 g/mol. The van der Waals surface area contributed by atoms with Gasteiger partial charge in [0.05, 0.1) is 0 Å². The van der Waals surface area contributed by atoms with Crippen molar-refractivity contribution in [2.45, 2.75) is 117 Å². The summed E-state index contributed by atoms with van der Waals surface area (Å²) in [7, 11) is 0. The minimum Gasteiger partial charge on any atom is -0.458 e. The molecule has 0 fully saturated rings. The van der Waals surface area contributed by atoms with Crippen LogP contribution in [0.4, 0.5) is 4.79 Å². The molecule has 0 saturated carbocycles. The zero-order valence-corrected chi connectivity index (χ0v) is 28.4. The van der Waals surface area contributed by atoms with Crippen LogP contribution in [0.5, 0.6) is 0 Å². The normalized spacial score (nSPS) is 12.9. The second-order valence-corrected chi connectivity index (χ2v) is 13.5. The Labute approximate surface area is 269 Å². The number of carbonyl (C=O) groups excluding carboxylic acids is 4. The first-order chi connectivity index (χ1) is 21.1. The van der Waals surface area contributed by atoms with Gasteiger partial charge in [-0.1, -0.05) is 92.8 Å². The largest absolute Gasteiger partial charge is 0.458 e. The maximum absolute atomic E-state index is 14.3. The highest BCUT2D eigenvalue weighted by Gasteiger charge is 2.35. The van der Waals surface area contributed by atoms with Gasteiger partial charge in [-0.2, -0.15) is 0 Å². The van der Waals surface area contributed by atoms with Gasteiger partial charge in [-0.05, 0) is 66.0 Å². The smallest absolute Gasteiger partial charge is 0.408 e. The summed E-state index contributed by atoms with van der Waals surface area (Å²) in [6.07, 6.45) is 4.21. The van der Waals surface area contributed by atoms with E-state index in [4.69, 9.17) is 9.47 Å². The zero-order chi connectivity index (χ0) is 33.6. The summed E-state index contributed by atoms with van der Waals surface area (Å²) in [5, 5.41) is 5.47. The maximum Gasteiger partial charge on any atom is 0.408 e. The average molecular weight is 624 g/mol. The molecule has 45 heavy (non-hydrogen) atoms. The molecule has 0 spiro atoms. The summed E-state index contributed by atoms with van der Waals surface area (Å²) in [6, 6.07) is 14.7. The Balaban J connectivity index is 2.46. The molecular formula is C36H53N3O6. The van der Waals surface area contributed by atoms with E-state index in [1.165, 1.54) is 4.90 Å². The molecule has 0 aliphatic heterocycles. The van der Waals surface area contributed by atoms with Gasteiger partial charge in [0.2, 0.25) is 11.8 Å². The Morgan fingerprint density at radius 2 is 1.40 bits per heavy atom. The van der Waals surface area contributed by atoms with Crippen molar-refractivity contribution in [3.63, 3.8) is 0 Å². The molecule has 2 atom stereocenters. The van der Waals surface area contributed by atoms with E-state index in [0.29, 0.717) is 18.5 Å². The lowest BCUT2D eigenvalue weighted by Crippen LogP contribution is -2.52. The van der Waals surface area contributed by atoms with Gasteiger partial charge >= 0.3 is 12.1 Å². The van der Waals surface area contributed by atoms with Gasteiger partial charge in [0.1, 0.15) is 29.8 Å². The number of carbonyl (C=O) groups is 4. The summed E-state index contributed by atoms with van der Waals surface area (Å²) < 4.78 is 11.0. The molecule has 2 aromatic carbocycles. The number of esters is 1. The predicted molar refractivity (Wildman–Crippen MR) is 177 cm³/mol. The van der Waals surface area contributed by atoms with Crippen molar-refractivity contribution in [1.29, 1.82) is 0 Å². The molecule has 248 valence electrons. The number of alkyl carbamates (subject to hydrolysis) is 1. The van der Waals surface area contributed by atoms with Crippen LogP contribution >= 0.6 is 0 Å². The van der Waals surface area contributed by atoms with Crippen molar-refractivity contribution in [3.8, 4) is 0 Å². The molecule has 0 heterocycles. The minimum atomic E-state index is -1.05. The Kier molecular flexibility index (Phi) is 14.6. The molecule has 9 nitrogen and oxygen atoms in total. The third-order valence-electron chi connectivity index (χ3n) is 6.85. The van der Waals surface area contributed by atoms with E-state index in [1.54, 1.807) is 41.5 Å². The monoisotopic (exact) mass is 623 g/mol. The quantitative estimate of drug-likeness (QED) is 0.175. The second kappa shape index (κ2) is 17.6. The number of benzene rings is 2. The number of amides is 3. The standard InChI is InChI=1S/C36H53N3O6/c1-9-10-11-12-16-23-39(30(40)25-37-34(43)45-36(6,7)8)31(28-21-19-26(2)20-22-28)32(41)38-29(33(42)44-35(3,4)5)24-27-17-14-13-15-18-27/h13-15,17-22,29,31H,9-12,16,23-25H2,1-8H3,(H,37,43)(H,38,41). The molecule has 2 unspecified atom stereocenters. The molecule has 0 saturated heterocycles. The molecule has 2 aromatic rings. The molecule has 0 aliphatic rings. The molecule has 0 aliphatic carbocycles. The SMILES string of the molecule is CCCCCCCN(C(=O)CNC(=O)OC(C)(C)C)C(C(=O)NC(Cc1ccccc1)C(=O)OC(C)(C)C)c1ccc(C)cc1. The van der Waals surface area contributed by atoms with Crippen LogP contribution in [0.1, 0.15) is 103 Å². The average Bonchev–Trinajstić information content (AvgIpc) is 2.94. The fraction of sp³-hybridized carbons (Fsp3) is 0.556. The summed E-state index contributed by atoms with van der Waals surface area (Å²) in [4.78, 5) is 55.4. The predicted octanol–water partition coefficient (Wildman–Crippen LogP) is 6.43. The molecule has 2 rings (SSSR count). The van der Waals surface area contributed by atoms with Gasteiger partial charge in [0.25, 0.3) is 0 Å². The van der Waals surface area contributed by atoms with Gasteiger partial charge in [0, 0.05) is 13.0 Å². The topological polar surface area (TPSA) is 114 Å². The van der Waals surface area contributed by atoms with E-state index in [1.807, 2.05) is 61.5 Å². The molecule has 0 bridgehead atoms. The Morgan fingerprint density at radius 1 is 0.800 bits per heavy atom. The number of hydrogen-bond acceptors (Lipinski definition) is 6. The highest BCUT2D eigenvalue weighted by atomic mass is 16.6. The summed E-state index contributed by atoms with van der Waals surface area (Å²) in [5.74, 6) is -1.51. The number of nitrogens with one attached hydrogen (secondary N) is 2. The third-order valence-corrected chi connectivity index (χ3v) is 6.85. The van der Waals surface area contributed by atoms with Gasteiger partial charge in [-0.3, -0.25) is 9.59 Å². The number of aryl methyl sites for hydroxylation is 1. The van der Waals surface area contributed by atoms with Gasteiger partial charge < -0.3 is 25.0 Å². The molecule has 0 radical (unpaired) electrons. The zero-order valence-electron chi connectivity index (χ0n) is 28.4. The minimum absolute atomic E-state index is 0.216. The Hall–Kier alpha value is -3.88. The molecule has 2 N–H and O–H groups in total. The van der Waals surface area contributed by atoms with Crippen molar-refractivity contribution in [3.05, 3.63) is 71.3 Å². The molecule has 9 heteroatoms. The van der Waals surface area contributed by atoms with Crippen LogP contribution in [0, 0.1) is 6.92 Å². The van der Waals surface area contributed by atoms with Gasteiger partial charge in [0.15, 0.2) is 0 Å². The van der Waals surface area contributed by atoms with Crippen LogP contribution in [0.2, 0.25) is 0 Å². The highest BCUT2D eigenvalue weighted by Crippen LogP contribution is 2.24. The van der Waals surface area contributed by atoms with E-state index in [0.717, 1.165) is 36.8 Å². The number of nitrogens with zero attached hydrogens (tertiary/aromatic N) is 1. The van der Waals surface area contributed by atoms with Crippen molar-refractivity contribution >= 4 is 23.9 Å². The first-order valence-electron chi connectivity index (χ1n) is 16.0. The van der Waals surface area contributed by atoms with Crippen LogP contribution in [-0.2, 0) is 30.3 Å². The first-order valence-corrected chi connectivity index (χ1v) is 16.0. The molecule has 3 amide bonds. The van der Waals surface area contributed by atoms with Crippen molar-refractivity contribution < 1.29 is 28.7 Å². The first kappa shape index (κ1) is 37.3. The van der Waals surface area contributed by atoms with Crippen LogP contribution in [0.25, 0.3) is 0 Å². The van der Waals surface area contributed by atoms with Crippen LogP contribution in [0.15, 0.2) is 54.6 Å². The van der Waals surface area contributed by atoms with Crippen molar-refractivity contribution in [2.24, 2.45) is 0 Å². The lowest BCUT2D eigenvalue weighted by molar-refractivity contribution is -0.159. The van der Waals surface area contributed by atoms with E-state index in [-0.39, 0.29) is 13.0 Å². The summed E-state index contributed by atoms with van der Waals surface area (Å²) in [5.41, 5.74) is 0.954. The number of ether oxygens (including phenoxy) is 2.